The lowest BCUT2D eigenvalue weighted by Crippen LogP contribution is -2.31. The Hall–Kier alpha value is -5.81. The van der Waals surface area contributed by atoms with Gasteiger partial charge in [0.15, 0.2) is 5.82 Å². The zero-order chi connectivity index (χ0) is 33.5. The fourth-order valence-corrected chi connectivity index (χ4v) is 10.7. The molecule has 0 unspecified atom stereocenters. The molecule has 0 N–H and O–H groups in total. The van der Waals surface area contributed by atoms with Crippen LogP contribution in [0.5, 0.6) is 0 Å². The molecule has 238 valence electrons. The molecule has 0 saturated heterocycles. The quantitative estimate of drug-likeness (QED) is 0.185. The third-order valence-electron chi connectivity index (χ3n) is 10.6. The summed E-state index contributed by atoms with van der Waals surface area (Å²) in [4.78, 5) is 13.0. The van der Waals surface area contributed by atoms with Crippen molar-refractivity contribution in [3.05, 3.63) is 192 Å². The second-order valence-electron chi connectivity index (χ2n) is 13.3. The summed E-state index contributed by atoms with van der Waals surface area (Å²) in [7, 11) is 0. The molecule has 2 nitrogen and oxygen atoms in total. The molecule has 1 aliphatic heterocycles. The van der Waals surface area contributed by atoms with Crippen LogP contribution in [-0.2, 0) is 5.41 Å². The maximum Gasteiger partial charge on any atom is 0.160 e. The first-order valence-electron chi connectivity index (χ1n) is 17.2. The van der Waals surface area contributed by atoms with E-state index in [0.717, 1.165) is 33.9 Å². The van der Waals surface area contributed by atoms with E-state index in [2.05, 4.69) is 158 Å². The van der Waals surface area contributed by atoms with Crippen LogP contribution >= 0.6 is 23.1 Å². The molecule has 2 aromatic heterocycles. The van der Waals surface area contributed by atoms with E-state index in [4.69, 9.17) is 9.97 Å². The normalized spacial score (nSPS) is 13.6. The Labute approximate surface area is 304 Å². The molecule has 1 aliphatic carbocycles. The minimum atomic E-state index is -0.401. The van der Waals surface area contributed by atoms with Crippen LogP contribution < -0.4 is 0 Å². The molecular weight excluding hydrogens is 657 g/mol. The van der Waals surface area contributed by atoms with Gasteiger partial charge in [-0.3, -0.25) is 0 Å². The van der Waals surface area contributed by atoms with Gasteiger partial charge in [-0.25, -0.2) is 9.97 Å². The van der Waals surface area contributed by atoms with Crippen molar-refractivity contribution in [2.45, 2.75) is 15.2 Å². The van der Waals surface area contributed by atoms with Crippen molar-refractivity contribution in [2.75, 3.05) is 0 Å². The Morgan fingerprint density at radius 2 is 1.00 bits per heavy atom. The highest BCUT2D eigenvalue weighted by Crippen LogP contribution is 2.63. The zero-order valence-corrected chi connectivity index (χ0v) is 29.0. The van der Waals surface area contributed by atoms with Crippen molar-refractivity contribution in [3.63, 3.8) is 0 Å². The number of aromatic nitrogens is 2. The van der Waals surface area contributed by atoms with Crippen LogP contribution in [0.4, 0.5) is 0 Å². The lowest BCUT2D eigenvalue weighted by Gasteiger charge is -2.39. The molecule has 0 fully saturated rings. The van der Waals surface area contributed by atoms with E-state index in [-0.39, 0.29) is 0 Å². The van der Waals surface area contributed by atoms with E-state index >= 15 is 0 Å². The molecule has 0 radical (unpaired) electrons. The average Bonchev–Trinajstić information content (AvgIpc) is 3.72. The number of fused-ring (bicyclic) bond motifs is 13. The summed E-state index contributed by atoms with van der Waals surface area (Å²) in [6, 6.07) is 61.6. The summed E-state index contributed by atoms with van der Waals surface area (Å²) in [5.74, 6) is 0.730. The first-order chi connectivity index (χ1) is 25.3. The molecule has 0 bridgehead atoms. The largest absolute Gasteiger partial charge is 0.228 e. The molecule has 0 saturated carbocycles. The van der Waals surface area contributed by atoms with E-state index in [1.165, 1.54) is 63.3 Å². The van der Waals surface area contributed by atoms with Gasteiger partial charge < -0.3 is 0 Å². The Bertz CT molecular complexity index is 2730. The minimum absolute atomic E-state index is 0.401. The molecule has 51 heavy (non-hydrogen) atoms. The summed E-state index contributed by atoms with van der Waals surface area (Å²) in [6.07, 6.45) is 0. The van der Waals surface area contributed by atoms with Crippen molar-refractivity contribution in [1.29, 1.82) is 0 Å². The smallest absolute Gasteiger partial charge is 0.160 e. The number of hydrogen-bond donors (Lipinski definition) is 0. The lowest BCUT2D eigenvalue weighted by molar-refractivity contribution is 0.723. The predicted molar refractivity (Wildman–Crippen MR) is 213 cm³/mol. The topological polar surface area (TPSA) is 25.8 Å². The third kappa shape index (κ3) is 4.18. The van der Waals surface area contributed by atoms with Gasteiger partial charge in [-0.15, -0.1) is 11.3 Å². The van der Waals surface area contributed by atoms with Crippen molar-refractivity contribution >= 4 is 43.3 Å². The van der Waals surface area contributed by atoms with Gasteiger partial charge in [-0.05, 0) is 75.8 Å². The van der Waals surface area contributed by atoms with Crippen LogP contribution in [0.1, 0.15) is 22.3 Å². The fraction of sp³-hybridized carbons (Fsp3) is 0.0213. The van der Waals surface area contributed by atoms with Crippen LogP contribution in [0.3, 0.4) is 0 Å². The predicted octanol–water partition coefficient (Wildman–Crippen LogP) is 12.7. The van der Waals surface area contributed by atoms with E-state index in [1.807, 2.05) is 35.2 Å². The highest BCUT2D eigenvalue weighted by molar-refractivity contribution is 7.99. The molecular formula is C47H28N2S2. The van der Waals surface area contributed by atoms with Crippen LogP contribution in [0.25, 0.3) is 65.2 Å². The summed E-state index contributed by atoms with van der Waals surface area (Å²) < 4.78 is 2.56. The summed E-state index contributed by atoms with van der Waals surface area (Å²) in [6.45, 7) is 0. The molecule has 0 amide bonds. The second kappa shape index (κ2) is 11.1. The monoisotopic (exact) mass is 684 g/mol. The number of nitrogens with zero attached hydrogens (tertiary/aromatic N) is 2. The zero-order valence-electron chi connectivity index (χ0n) is 27.4. The molecule has 3 heterocycles. The van der Waals surface area contributed by atoms with E-state index in [1.54, 1.807) is 0 Å². The van der Waals surface area contributed by atoms with Crippen LogP contribution in [0.15, 0.2) is 180 Å². The van der Waals surface area contributed by atoms with Crippen LogP contribution in [0.2, 0.25) is 0 Å². The Morgan fingerprint density at radius 3 is 1.67 bits per heavy atom. The maximum atomic E-state index is 5.19. The number of rotatable bonds is 3. The Balaban J connectivity index is 1.19. The van der Waals surface area contributed by atoms with Crippen LogP contribution in [0, 0.1) is 0 Å². The summed E-state index contributed by atoms with van der Waals surface area (Å²) >= 11 is 3.75. The highest BCUT2D eigenvalue weighted by atomic mass is 32.2. The van der Waals surface area contributed by atoms with E-state index < -0.39 is 5.41 Å². The molecule has 1 spiro atoms. The molecule has 7 aromatic carbocycles. The highest BCUT2D eigenvalue weighted by Gasteiger charge is 2.50. The lowest BCUT2D eigenvalue weighted by atomic mass is 9.67. The summed E-state index contributed by atoms with van der Waals surface area (Å²) in [5, 5.41) is 2.56. The average molecular weight is 685 g/mol. The molecule has 0 atom stereocenters. The van der Waals surface area contributed by atoms with E-state index in [0.29, 0.717) is 0 Å². The van der Waals surface area contributed by atoms with Gasteiger partial charge in [-0.2, -0.15) is 0 Å². The van der Waals surface area contributed by atoms with Gasteiger partial charge in [0.1, 0.15) is 0 Å². The van der Waals surface area contributed by atoms with Gasteiger partial charge in [0.05, 0.1) is 16.8 Å². The molecule has 9 aromatic rings. The number of benzene rings is 7. The standard InChI is InChI=1S/C47H28N2S2/c1-3-13-29(14-4-1)38-28-39(30-15-5-2-6-16-30)49-46(48-38)31-23-25-40-33(27-31)45-43(50-40)26-24-37-44(45)32-17-7-8-18-34(32)47(37)35-19-9-11-21-41(35)51-42-22-12-10-20-36(42)47/h1-28H. The Morgan fingerprint density at radius 1 is 0.431 bits per heavy atom. The van der Waals surface area contributed by atoms with Crippen molar-refractivity contribution in [3.8, 4) is 45.0 Å². The first kappa shape index (κ1) is 29.0. The van der Waals surface area contributed by atoms with Crippen molar-refractivity contribution in [2.24, 2.45) is 0 Å². The van der Waals surface area contributed by atoms with Gasteiger partial charge in [-0.1, -0.05) is 139 Å². The van der Waals surface area contributed by atoms with Gasteiger partial charge >= 0.3 is 0 Å². The summed E-state index contributed by atoms with van der Waals surface area (Å²) in [5.41, 5.74) is 12.7. The third-order valence-corrected chi connectivity index (χ3v) is 12.9. The fourth-order valence-electron chi connectivity index (χ4n) is 8.44. The van der Waals surface area contributed by atoms with Crippen molar-refractivity contribution in [1.82, 2.24) is 9.97 Å². The second-order valence-corrected chi connectivity index (χ2v) is 15.4. The Kier molecular flexibility index (Phi) is 6.30. The van der Waals surface area contributed by atoms with Gasteiger partial charge in [0, 0.05) is 46.7 Å². The van der Waals surface area contributed by atoms with Gasteiger partial charge in [0.2, 0.25) is 0 Å². The number of hydrogen-bond acceptors (Lipinski definition) is 4. The minimum Gasteiger partial charge on any atom is -0.228 e. The molecule has 2 aliphatic rings. The maximum absolute atomic E-state index is 5.19. The van der Waals surface area contributed by atoms with Crippen LogP contribution in [-0.4, -0.2) is 9.97 Å². The first-order valence-corrected chi connectivity index (χ1v) is 18.9. The SMILES string of the molecule is c1ccc(-c2cc(-c3ccccc3)nc(-c3ccc4sc5ccc6c(c5c4c3)-c3ccccc3C63c4ccccc4Sc4ccccc43)n2)cc1. The van der Waals surface area contributed by atoms with E-state index in [9.17, 15) is 0 Å². The number of thiophene rings is 1. The van der Waals surface area contributed by atoms with Crippen molar-refractivity contribution < 1.29 is 0 Å². The molecule has 11 rings (SSSR count). The molecule has 4 heteroatoms. The van der Waals surface area contributed by atoms with Gasteiger partial charge in [0.25, 0.3) is 0 Å².